The standard InChI is InChI=1S/C35H41N5O5S/c41-35(38-42)14-8-26-7-12-32-28(23-26)9-13-34(32)40(17-15-29-24-36-33-4-2-1-3-31(29)33)25-27-5-10-30(11-6-27)46(43,44)37-16-18-39-19-21-45-22-20-39/h1-8,10-12,14,23-24,34,36-37,42H,9,13,15-22,25H2,(H,38,41)/b14-8+. The Kier molecular flexibility index (Phi) is 10.3. The van der Waals surface area contributed by atoms with Crippen molar-refractivity contribution in [3.8, 4) is 0 Å². The Morgan fingerprint density at radius 2 is 1.89 bits per heavy atom. The van der Waals surface area contributed by atoms with Gasteiger partial charge in [0.05, 0.1) is 18.1 Å². The van der Waals surface area contributed by atoms with E-state index in [-0.39, 0.29) is 10.9 Å². The Balaban J connectivity index is 1.17. The maximum atomic E-state index is 13.0. The number of para-hydroxylation sites is 1. The molecule has 242 valence electrons. The van der Waals surface area contributed by atoms with Gasteiger partial charge in [0.25, 0.3) is 5.91 Å². The SMILES string of the molecule is O=C(/C=C/c1ccc2c(c1)CCC2N(CCc1c[nH]c2ccccc12)Cc1ccc(S(=O)(=O)NCCN2CCOCC2)cc1)NO. The molecule has 0 bridgehead atoms. The first kappa shape index (κ1) is 32.1. The van der Waals surface area contributed by atoms with Crippen LogP contribution < -0.4 is 10.2 Å². The molecule has 1 atom stereocenters. The highest BCUT2D eigenvalue weighted by molar-refractivity contribution is 7.89. The number of hydrogen-bond donors (Lipinski definition) is 4. The number of nitrogens with one attached hydrogen (secondary N) is 3. The molecule has 1 aromatic heterocycles. The van der Waals surface area contributed by atoms with Crippen molar-refractivity contribution < 1.29 is 23.2 Å². The minimum atomic E-state index is -3.61. The summed E-state index contributed by atoms with van der Waals surface area (Å²) in [6, 6.07) is 22.0. The summed E-state index contributed by atoms with van der Waals surface area (Å²) in [5.74, 6) is -0.565. The maximum absolute atomic E-state index is 13.0. The highest BCUT2D eigenvalue weighted by Crippen LogP contribution is 2.37. The molecule has 2 aliphatic rings. The number of hydrogen-bond acceptors (Lipinski definition) is 7. The van der Waals surface area contributed by atoms with Gasteiger partial charge < -0.3 is 9.72 Å². The van der Waals surface area contributed by atoms with Gasteiger partial charge in [-0.15, -0.1) is 0 Å². The van der Waals surface area contributed by atoms with Gasteiger partial charge in [-0.2, -0.15) is 0 Å². The summed E-state index contributed by atoms with van der Waals surface area (Å²) in [7, 11) is -3.61. The van der Waals surface area contributed by atoms with E-state index in [1.54, 1.807) is 23.7 Å². The zero-order valence-corrected chi connectivity index (χ0v) is 26.6. The lowest BCUT2D eigenvalue weighted by molar-refractivity contribution is -0.124. The van der Waals surface area contributed by atoms with Crippen LogP contribution in [-0.2, 0) is 38.9 Å². The van der Waals surface area contributed by atoms with Crippen LogP contribution >= 0.6 is 0 Å². The molecule has 1 amide bonds. The van der Waals surface area contributed by atoms with Crippen LogP contribution in [0.2, 0.25) is 0 Å². The minimum Gasteiger partial charge on any atom is -0.379 e. The molecule has 1 aliphatic carbocycles. The molecule has 10 nitrogen and oxygen atoms in total. The molecule has 46 heavy (non-hydrogen) atoms. The van der Waals surface area contributed by atoms with Crippen LogP contribution in [-0.4, -0.2) is 80.3 Å². The highest BCUT2D eigenvalue weighted by Gasteiger charge is 2.28. The summed E-state index contributed by atoms with van der Waals surface area (Å²) in [5.41, 5.74) is 8.50. The first-order valence-electron chi connectivity index (χ1n) is 15.8. The average molecular weight is 644 g/mol. The van der Waals surface area contributed by atoms with Gasteiger partial charge in [0.1, 0.15) is 0 Å². The summed E-state index contributed by atoms with van der Waals surface area (Å²) in [6.45, 7) is 5.53. The van der Waals surface area contributed by atoms with E-state index >= 15 is 0 Å². The quantitative estimate of drug-likeness (QED) is 0.0985. The number of carbonyl (C=O) groups is 1. The second kappa shape index (κ2) is 14.7. The van der Waals surface area contributed by atoms with Crippen LogP contribution in [0.4, 0.5) is 0 Å². The van der Waals surface area contributed by atoms with Crippen LogP contribution in [0.15, 0.2) is 83.9 Å². The first-order chi connectivity index (χ1) is 22.4. The number of carbonyl (C=O) groups excluding carboxylic acids is 1. The molecule has 0 spiro atoms. The molecular formula is C35H41N5O5S. The van der Waals surface area contributed by atoms with Crippen molar-refractivity contribution in [3.63, 3.8) is 0 Å². The molecule has 1 fully saturated rings. The molecule has 2 heterocycles. The van der Waals surface area contributed by atoms with Crippen LogP contribution in [0.5, 0.6) is 0 Å². The van der Waals surface area contributed by atoms with E-state index < -0.39 is 15.9 Å². The summed E-state index contributed by atoms with van der Waals surface area (Å²) in [6.07, 6.45) is 7.86. The van der Waals surface area contributed by atoms with E-state index in [1.165, 1.54) is 28.2 Å². The summed E-state index contributed by atoms with van der Waals surface area (Å²) in [5, 5.41) is 10.0. The van der Waals surface area contributed by atoms with Crippen LogP contribution in [0.1, 0.15) is 40.3 Å². The van der Waals surface area contributed by atoms with Gasteiger partial charge in [0.15, 0.2) is 0 Å². The summed E-state index contributed by atoms with van der Waals surface area (Å²) in [4.78, 5) is 19.8. The lowest BCUT2D eigenvalue weighted by Crippen LogP contribution is -2.41. The normalized spacial score (nSPS) is 17.2. The second-order valence-corrected chi connectivity index (χ2v) is 13.7. The molecule has 0 radical (unpaired) electrons. The third-order valence-corrected chi connectivity index (χ3v) is 10.5. The number of benzene rings is 3. The number of aromatic amines is 1. The van der Waals surface area contributed by atoms with Crippen molar-refractivity contribution in [1.82, 2.24) is 25.0 Å². The fourth-order valence-corrected chi connectivity index (χ4v) is 7.53. The van der Waals surface area contributed by atoms with Crippen LogP contribution in [0, 0.1) is 0 Å². The first-order valence-corrected chi connectivity index (χ1v) is 17.3. The van der Waals surface area contributed by atoms with E-state index in [0.29, 0.717) is 32.8 Å². The van der Waals surface area contributed by atoms with Gasteiger partial charge >= 0.3 is 0 Å². The second-order valence-electron chi connectivity index (χ2n) is 11.9. The third kappa shape index (κ3) is 7.75. The van der Waals surface area contributed by atoms with E-state index in [9.17, 15) is 13.2 Å². The molecule has 11 heteroatoms. The fourth-order valence-electron chi connectivity index (χ4n) is 6.51. The largest absolute Gasteiger partial charge is 0.379 e. The van der Waals surface area contributed by atoms with Gasteiger partial charge in [-0.3, -0.25) is 19.8 Å². The molecule has 1 saturated heterocycles. The van der Waals surface area contributed by atoms with Gasteiger partial charge in [-0.05, 0) is 71.4 Å². The van der Waals surface area contributed by atoms with Crippen molar-refractivity contribution >= 4 is 32.9 Å². The average Bonchev–Trinajstić information content (AvgIpc) is 3.70. The number of H-pyrrole nitrogens is 1. The molecule has 1 unspecified atom stereocenters. The Bertz CT molecular complexity index is 1780. The zero-order chi connectivity index (χ0) is 31.9. The minimum absolute atomic E-state index is 0.198. The number of morpholine rings is 1. The summed E-state index contributed by atoms with van der Waals surface area (Å²) < 4.78 is 34.2. The van der Waals surface area contributed by atoms with E-state index in [4.69, 9.17) is 9.94 Å². The molecule has 1 aliphatic heterocycles. The van der Waals surface area contributed by atoms with Gasteiger partial charge in [-0.1, -0.05) is 48.5 Å². The lowest BCUT2D eigenvalue weighted by Gasteiger charge is -2.30. The van der Waals surface area contributed by atoms with Crippen molar-refractivity contribution in [2.24, 2.45) is 0 Å². The number of ether oxygens (including phenoxy) is 1. The number of rotatable bonds is 13. The van der Waals surface area contributed by atoms with Gasteiger partial charge in [0, 0.05) is 68.5 Å². The van der Waals surface area contributed by atoms with Crippen molar-refractivity contribution in [2.45, 2.75) is 36.7 Å². The van der Waals surface area contributed by atoms with Gasteiger partial charge in [-0.25, -0.2) is 18.6 Å². The Hall–Kier alpha value is -3.84. The third-order valence-electron chi connectivity index (χ3n) is 8.98. The number of amides is 1. The molecular weight excluding hydrogens is 602 g/mol. The van der Waals surface area contributed by atoms with E-state index in [0.717, 1.165) is 55.5 Å². The molecule has 0 saturated carbocycles. The van der Waals surface area contributed by atoms with E-state index in [1.807, 2.05) is 24.3 Å². The van der Waals surface area contributed by atoms with Crippen molar-refractivity contribution in [3.05, 3.63) is 107 Å². The molecule has 4 aromatic rings. The number of sulfonamides is 1. The van der Waals surface area contributed by atoms with Crippen LogP contribution in [0.3, 0.4) is 0 Å². The predicted molar refractivity (Wildman–Crippen MR) is 178 cm³/mol. The molecule has 6 rings (SSSR count). The van der Waals surface area contributed by atoms with Crippen molar-refractivity contribution in [2.75, 3.05) is 45.9 Å². The monoisotopic (exact) mass is 643 g/mol. The zero-order valence-electron chi connectivity index (χ0n) is 25.8. The molecule has 3 aromatic carbocycles. The van der Waals surface area contributed by atoms with E-state index in [2.05, 4.69) is 56.0 Å². The number of aryl methyl sites for hydroxylation is 1. The summed E-state index contributed by atoms with van der Waals surface area (Å²) >= 11 is 0. The number of fused-ring (bicyclic) bond motifs is 2. The fraction of sp³-hybridized carbons (Fsp3) is 0.343. The topological polar surface area (TPSA) is 127 Å². The lowest BCUT2D eigenvalue weighted by atomic mass is 10.0. The van der Waals surface area contributed by atoms with Crippen LogP contribution in [0.25, 0.3) is 17.0 Å². The Morgan fingerprint density at radius 1 is 1.09 bits per heavy atom. The maximum Gasteiger partial charge on any atom is 0.267 e. The predicted octanol–water partition coefficient (Wildman–Crippen LogP) is 4.03. The Labute approximate surface area is 270 Å². The Morgan fingerprint density at radius 3 is 2.70 bits per heavy atom. The number of aromatic nitrogens is 1. The molecule has 4 N–H and O–H groups in total. The highest BCUT2D eigenvalue weighted by atomic mass is 32.2. The number of hydroxylamine groups is 1. The van der Waals surface area contributed by atoms with Crippen molar-refractivity contribution in [1.29, 1.82) is 0 Å². The van der Waals surface area contributed by atoms with Gasteiger partial charge in [0.2, 0.25) is 10.0 Å². The smallest absolute Gasteiger partial charge is 0.267 e. The number of nitrogens with zero attached hydrogens (tertiary/aromatic N) is 2.